The predicted octanol–water partition coefficient (Wildman–Crippen LogP) is 4.64. The number of benzene rings is 3. The summed E-state index contributed by atoms with van der Waals surface area (Å²) in [5.41, 5.74) is 3.66. The lowest BCUT2D eigenvalue weighted by atomic mass is 10.1. The molecular weight excluding hydrogens is 476 g/mol. The summed E-state index contributed by atoms with van der Waals surface area (Å²) in [6.07, 6.45) is 2.94. The molecule has 182 valence electrons. The van der Waals surface area contributed by atoms with Crippen LogP contribution in [0.25, 0.3) is 5.41 Å². The smallest absolute Gasteiger partial charge is 0.243 e. The summed E-state index contributed by atoms with van der Waals surface area (Å²) in [7, 11) is 1.60. The number of hydrogen-bond acceptors (Lipinski definition) is 6. The zero-order valence-electron chi connectivity index (χ0n) is 19.6. The SMILES string of the molecule is COc1ccc(N2C(=O)CS/C2=N\N=C\c2ccc(C(=[N-])N=CNc3ccc(O)cc3)cc2)c(C)c1. The third kappa shape index (κ3) is 5.97. The molecule has 0 spiro atoms. The van der Waals surface area contributed by atoms with E-state index in [1.165, 1.54) is 18.1 Å². The number of carbonyl (C=O) groups excluding carboxylic acids is 1. The van der Waals surface area contributed by atoms with Crippen LogP contribution in [0.2, 0.25) is 0 Å². The predicted molar refractivity (Wildman–Crippen MR) is 147 cm³/mol. The first-order chi connectivity index (χ1) is 17.4. The van der Waals surface area contributed by atoms with Crippen molar-refractivity contribution in [1.29, 1.82) is 0 Å². The van der Waals surface area contributed by atoms with Crippen LogP contribution in [-0.4, -0.2) is 47.4 Å². The topological polar surface area (TPSA) is 121 Å². The van der Waals surface area contributed by atoms with E-state index in [1.807, 2.05) is 19.1 Å². The van der Waals surface area contributed by atoms with Gasteiger partial charge in [-0.2, -0.15) is 5.10 Å². The Balaban J connectivity index is 1.39. The number of nitrogens with zero attached hydrogens (tertiary/aromatic N) is 5. The second-order valence-corrected chi connectivity index (χ2v) is 8.63. The first kappa shape index (κ1) is 24.7. The molecule has 0 bridgehead atoms. The molecule has 0 unspecified atom stereocenters. The van der Waals surface area contributed by atoms with Crippen molar-refractivity contribution in [2.75, 3.05) is 23.1 Å². The number of phenols is 1. The zero-order valence-corrected chi connectivity index (χ0v) is 20.4. The van der Waals surface area contributed by atoms with Crippen molar-refractivity contribution in [3.05, 3.63) is 88.8 Å². The maximum Gasteiger partial charge on any atom is 0.243 e. The highest BCUT2D eigenvalue weighted by Crippen LogP contribution is 2.31. The number of nitrogens with one attached hydrogen (secondary N) is 1. The Morgan fingerprint density at radius 2 is 1.89 bits per heavy atom. The fraction of sp³-hybridized carbons (Fsp3) is 0.115. The van der Waals surface area contributed by atoms with E-state index in [0.717, 1.165) is 28.3 Å². The van der Waals surface area contributed by atoms with Crippen LogP contribution in [0.4, 0.5) is 11.4 Å². The number of hydrogen-bond donors (Lipinski definition) is 2. The summed E-state index contributed by atoms with van der Waals surface area (Å²) < 4.78 is 5.25. The molecule has 1 saturated heterocycles. The highest BCUT2D eigenvalue weighted by Gasteiger charge is 2.31. The van der Waals surface area contributed by atoms with E-state index in [0.29, 0.717) is 16.5 Å². The second-order valence-electron chi connectivity index (χ2n) is 7.69. The highest BCUT2D eigenvalue weighted by atomic mass is 32.2. The molecule has 3 aromatic carbocycles. The highest BCUT2D eigenvalue weighted by molar-refractivity contribution is 8.15. The lowest BCUT2D eigenvalue weighted by Gasteiger charge is -2.18. The van der Waals surface area contributed by atoms with E-state index in [-0.39, 0.29) is 17.5 Å². The molecule has 1 aliphatic heterocycles. The van der Waals surface area contributed by atoms with Gasteiger partial charge in [0.2, 0.25) is 5.91 Å². The van der Waals surface area contributed by atoms with Crippen molar-refractivity contribution in [2.45, 2.75) is 6.92 Å². The third-order valence-corrected chi connectivity index (χ3v) is 6.13. The monoisotopic (exact) mass is 499 g/mol. The molecule has 2 N–H and O–H groups in total. The molecule has 0 aliphatic carbocycles. The third-order valence-electron chi connectivity index (χ3n) is 5.21. The van der Waals surface area contributed by atoms with E-state index < -0.39 is 0 Å². The number of aliphatic imine (C=N–C) groups is 1. The number of methoxy groups -OCH3 is 1. The number of amides is 1. The molecule has 0 radical (unpaired) electrons. The maximum absolute atomic E-state index is 12.5. The molecule has 1 fully saturated rings. The first-order valence-electron chi connectivity index (χ1n) is 10.9. The minimum Gasteiger partial charge on any atom is -0.508 e. The summed E-state index contributed by atoms with van der Waals surface area (Å²) in [5, 5.41) is 31.3. The van der Waals surface area contributed by atoms with Gasteiger partial charge in [-0.15, -0.1) is 5.10 Å². The molecule has 9 nitrogen and oxygen atoms in total. The van der Waals surface area contributed by atoms with Crippen molar-refractivity contribution >= 4 is 52.6 Å². The zero-order chi connectivity index (χ0) is 25.5. The van der Waals surface area contributed by atoms with E-state index in [9.17, 15) is 15.3 Å². The first-order valence-corrected chi connectivity index (χ1v) is 11.9. The quantitative estimate of drug-likeness (QED) is 0.212. The molecule has 10 heteroatoms. The molecule has 4 rings (SSSR count). The summed E-state index contributed by atoms with van der Waals surface area (Å²) in [5.74, 6) is 0.973. The molecular formula is C26H23N6O3S-. The van der Waals surface area contributed by atoms with Gasteiger partial charge in [0.05, 0.1) is 24.8 Å². The Morgan fingerprint density at radius 3 is 2.58 bits per heavy atom. The van der Waals surface area contributed by atoms with Crippen molar-refractivity contribution in [3.63, 3.8) is 0 Å². The number of ether oxygens (including phenoxy) is 1. The van der Waals surface area contributed by atoms with Gasteiger partial charge >= 0.3 is 0 Å². The van der Waals surface area contributed by atoms with Crippen LogP contribution in [0.1, 0.15) is 16.7 Å². The van der Waals surface area contributed by atoms with Crippen molar-refractivity contribution in [3.8, 4) is 11.5 Å². The maximum atomic E-state index is 12.5. The molecule has 0 atom stereocenters. The lowest BCUT2D eigenvalue weighted by Crippen LogP contribution is -2.29. The Bertz CT molecular complexity index is 1350. The van der Waals surface area contributed by atoms with Gasteiger partial charge in [-0.25, -0.2) is 0 Å². The van der Waals surface area contributed by atoms with Gasteiger partial charge in [-0.3, -0.25) is 9.69 Å². The van der Waals surface area contributed by atoms with E-state index in [2.05, 4.69) is 20.5 Å². The summed E-state index contributed by atoms with van der Waals surface area (Å²) in [6, 6.07) is 19.0. The number of amidine groups is 2. The Morgan fingerprint density at radius 1 is 1.14 bits per heavy atom. The Hall–Kier alpha value is -4.44. The molecule has 0 aromatic heterocycles. The van der Waals surface area contributed by atoms with Crippen molar-refractivity contribution < 1.29 is 14.6 Å². The number of phenolic OH excluding ortho intramolecular Hbond substituents is 1. The van der Waals surface area contributed by atoms with Crippen molar-refractivity contribution in [2.24, 2.45) is 15.2 Å². The van der Waals surface area contributed by atoms with Crippen LogP contribution in [0.15, 0.2) is 81.9 Å². The fourth-order valence-corrected chi connectivity index (χ4v) is 4.16. The van der Waals surface area contributed by atoms with Crippen LogP contribution in [0.5, 0.6) is 11.5 Å². The number of aromatic hydroxyl groups is 1. The minimum absolute atomic E-state index is 0.0574. The summed E-state index contributed by atoms with van der Waals surface area (Å²) >= 11 is 1.33. The lowest BCUT2D eigenvalue weighted by molar-refractivity contribution is -0.115. The van der Waals surface area contributed by atoms with Gasteiger partial charge in [0.1, 0.15) is 11.5 Å². The second kappa shape index (κ2) is 11.3. The molecule has 1 amide bonds. The van der Waals surface area contributed by atoms with E-state index >= 15 is 0 Å². The molecule has 36 heavy (non-hydrogen) atoms. The number of rotatable bonds is 7. The standard InChI is InChI=1S/C26H23N6O3S/c1-17-13-22(35-2)11-12-23(17)32-24(34)15-36-26(32)31-30-14-18-3-5-19(6-4-18)25(27)29-16-28-20-7-9-21(33)10-8-20/h3-14,16H,15H2,1-2H3,(H2-,27,28,29,30,33)/q-1/b31-26-. The Labute approximate surface area is 212 Å². The fourth-order valence-electron chi connectivity index (χ4n) is 3.34. The minimum atomic E-state index is -0.156. The van der Waals surface area contributed by atoms with Crippen LogP contribution >= 0.6 is 11.8 Å². The number of thioether (sulfide) groups is 1. The average Bonchev–Trinajstić information content (AvgIpc) is 3.25. The molecule has 1 aliphatic rings. The van der Waals surface area contributed by atoms with E-state index in [4.69, 9.17) is 4.74 Å². The largest absolute Gasteiger partial charge is 0.508 e. The van der Waals surface area contributed by atoms with Gasteiger partial charge < -0.3 is 25.6 Å². The summed E-state index contributed by atoms with van der Waals surface area (Å²) in [4.78, 5) is 18.0. The van der Waals surface area contributed by atoms with Crippen LogP contribution in [0.3, 0.4) is 0 Å². The van der Waals surface area contributed by atoms with Crippen LogP contribution in [0, 0.1) is 6.92 Å². The molecule has 3 aromatic rings. The van der Waals surface area contributed by atoms with Gasteiger partial charge in [0.15, 0.2) is 5.17 Å². The van der Waals surface area contributed by atoms with Gasteiger partial charge in [-0.05, 0) is 72.4 Å². The van der Waals surface area contributed by atoms with Crippen molar-refractivity contribution in [1.82, 2.24) is 0 Å². The number of anilines is 2. The van der Waals surface area contributed by atoms with Crippen LogP contribution < -0.4 is 15.0 Å². The average molecular weight is 500 g/mol. The molecule has 0 saturated carbocycles. The normalized spacial score (nSPS) is 14.8. The Kier molecular flexibility index (Phi) is 7.76. The van der Waals surface area contributed by atoms with Gasteiger partial charge in [0.25, 0.3) is 0 Å². The van der Waals surface area contributed by atoms with Crippen LogP contribution in [-0.2, 0) is 4.79 Å². The molecule has 1 heterocycles. The van der Waals surface area contributed by atoms with Gasteiger partial charge in [0, 0.05) is 5.69 Å². The number of carbonyl (C=O) groups is 1. The summed E-state index contributed by atoms with van der Waals surface area (Å²) in [6.45, 7) is 1.91. The number of aryl methyl sites for hydroxylation is 1. The van der Waals surface area contributed by atoms with E-state index in [1.54, 1.807) is 72.8 Å². The van der Waals surface area contributed by atoms with Gasteiger partial charge in [-0.1, -0.05) is 41.9 Å².